The fraction of sp³-hybridized carbons (Fsp3) is 0.188. The molecular weight excluding hydrogens is 338 g/mol. The number of hydrogen-bond acceptors (Lipinski definition) is 1. The lowest BCUT2D eigenvalue weighted by Gasteiger charge is -2.12. The Labute approximate surface area is 132 Å². The molecule has 2 rings (SSSR count). The average molecular weight is 353 g/mol. The van der Waals surface area contributed by atoms with Crippen molar-refractivity contribution in [1.29, 1.82) is 0 Å². The van der Waals surface area contributed by atoms with Gasteiger partial charge in [0, 0.05) is 9.50 Å². The molecule has 104 valence electrons. The van der Waals surface area contributed by atoms with Gasteiger partial charge in [-0.1, -0.05) is 29.8 Å². The van der Waals surface area contributed by atoms with Crippen LogP contribution in [0.25, 0.3) is 0 Å². The summed E-state index contributed by atoms with van der Waals surface area (Å²) in [5, 5.41) is 3.62. The van der Waals surface area contributed by atoms with Crippen LogP contribution in [0.15, 0.2) is 40.9 Å². The lowest BCUT2D eigenvalue weighted by Crippen LogP contribution is -2.15. The molecule has 1 amide bonds. The Bertz CT molecular complexity index is 614. The number of aryl methyl sites for hydroxylation is 2. The van der Waals surface area contributed by atoms with Crippen LogP contribution < -0.4 is 5.32 Å². The second-order valence-corrected chi connectivity index (χ2v) is 6.08. The molecule has 0 aliphatic carbocycles. The first-order valence-corrected chi connectivity index (χ1v) is 7.44. The highest BCUT2D eigenvalue weighted by molar-refractivity contribution is 9.10. The second-order valence-electron chi connectivity index (χ2n) is 4.79. The molecule has 0 saturated heterocycles. The van der Waals surface area contributed by atoms with E-state index in [0.717, 1.165) is 26.9 Å². The van der Waals surface area contributed by atoms with Crippen LogP contribution in [0.4, 0.5) is 5.69 Å². The summed E-state index contributed by atoms with van der Waals surface area (Å²) < 4.78 is 0.902. The summed E-state index contributed by atoms with van der Waals surface area (Å²) in [6.45, 7) is 4.01. The lowest BCUT2D eigenvalue weighted by atomic mass is 10.1. The molecule has 20 heavy (non-hydrogen) atoms. The van der Waals surface area contributed by atoms with Gasteiger partial charge in [0.2, 0.25) is 5.91 Å². The molecule has 0 unspecified atom stereocenters. The Morgan fingerprint density at radius 1 is 1.20 bits per heavy atom. The first-order chi connectivity index (χ1) is 9.45. The van der Waals surface area contributed by atoms with E-state index in [0.29, 0.717) is 11.4 Å². The number of rotatable bonds is 3. The third-order valence-electron chi connectivity index (χ3n) is 2.97. The van der Waals surface area contributed by atoms with Crippen LogP contribution in [-0.2, 0) is 11.2 Å². The molecule has 2 nitrogen and oxygen atoms in total. The first kappa shape index (κ1) is 15.1. The SMILES string of the molecule is Cc1cc(C)c(NC(=O)Cc2ccc(Cl)cc2)c(Br)c1. The van der Waals surface area contributed by atoms with E-state index in [-0.39, 0.29) is 5.91 Å². The first-order valence-electron chi connectivity index (χ1n) is 6.27. The van der Waals surface area contributed by atoms with Crippen molar-refractivity contribution in [2.75, 3.05) is 5.32 Å². The Morgan fingerprint density at radius 2 is 1.85 bits per heavy atom. The third-order valence-corrected chi connectivity index (χ3v) is 3.85. The van der Waals surface area contributed by atoms with Crippen molar-refractivity contribution in [3.05, 3.63) is 62.6 Å². The number of benzene rings is 2. The van der Waals surface area contributed by atoms with Gasteiger partial charge in [0.05, 0.1) is 12.1 Å². The van der Waals surface area contributed by atoms with Gasteiger partial charge in [-0.05, 0) is 64.7 Å². The van der Waals surface area contributed by atoms with Gasteiger partial charge < -0.3 is 5.32 Å². The number of anilines is 1. The number of carbonyl (C=O) groups excluding carboxylic acids is 1. The minimum absolute atomic E-state index is 0.0417. The maximum Gasteiger partial charge on any atom is 0.228 e. The van der Waals surface area contributed by atoms with Crippen LogP contribution in [0, 0.1) is 13.8 Å². The minimum atomic E-state index is -0.0417. The van der Waals surface area contributed by atoms with Gasteiger partial charge in [0.25, 0.3) is 0 Å². The molecule has 0 radical (unpaired) electrons. The molecule has 0 bridgehead atoms. The second kappa shape index (κ2) is 6.42. The molecule has 0 fully saturated rings. The van der Waals surface area contributed by atoms with Crippen molar-refractivity contribution < 1.29 is 4.79 Å². The van der Waals surface area contributed by atoms with Crippen molar-refractivity contribution >= 4 is 39.1 Å². The van der Waals surface area contributed by atoms with Gasteiger partial charge in [-0.2, -0.15) is 0 Å². The topological polar surface area (TPSA) is 29.1 Å². The molecule has 0 heterocycles. The van der Waals surface area contributed by atoms with E-state index in [2.05, 4.69) is 21.2 Å². The van der Waals surface area contributed by atoms with Crippen LogP contribution in [0.2, 0.25) is 5.02 Å². The number of hydrogen-bond donors (Lipinski definition) is 1. The Kier molecular flexibility index (Phi) is 4.84. The molecule has 1 N–H and O–H groups in total. The Balaban J connectivity index is 2.10. The smallest absolute Gasteiger partial charge is 0.228 e. The molecule has 0 atom stereocenters. The van der Waals surface area contributed by atoms with Crippen LogP contribution in [0.3, 0.4) is 0 Å². The van der Waals surface area contributed by atoms with E-state index >= 15 is 0 Å². The largest absolute Gasteiger partial charge is 0.325 e. The fourth-order valence-electron chi connectivity index (χ4n) is 2.05. The summed E-state index contributed by atoms with van der Waals surface area (Å²) in [5.74, 6) is -0.0417. The molecule has 2 aromatic carbocycles. The quantitative estimate of drug-likeness (QED) is 0.836. The molecule has 0 aliphatic rings. The Morgan fingerprint density at radius 3 is 2.45 bits per heavy atom. The maximum atomic E-state index is 12.1. The van der Waals surface area contributed by atoms with Gasteiger partial charge >= 0.3 is 0 Å². The van der Waals surface area contributed by atoms with Crippen molar-refractivity contribution in [2.24, 2.45) is 0 Å². The van der Waals surface area contributed by atoms with E-state index < -0.39 is 0 Å². The summed E-state index contributed by atoms with van der Waals surface area (Å²) in [6.07, 6.45) is 0.330. The zero-order chi connectivity index (χ0) is 14.7. The normalized spacial score (nSPS) is 10.4. The van der Waals surface area contributed by atoms with Crippen molar-refractivity contribution in [2.45, 2.75) is 20.3 Å². The summed E-state index contributed by atoms with van der Waals surface area (Å²) >= 11 is 9.32. The van der Waals surface area contributed by atoms with Crippen LogP contribution in [0.1, 0.15) is 16.7 Å². The fourth-order valence-corrected chi connectivity index (χ4v) is 2.94. The zero-order valence-electron chi connectivity index (χ0n) is 11.3. The van der Waals surface area contributed by atoms with E-state index in [1.807, 2.05) is 38.1 Å². The molecule has 4 heteroatoms. The highest BCUT2D eigenvalue weighted by Crippen LogP contribution is 2.27. The molecule has 0 aromatic heterocycles. The van der Waals surface area contributed by atoms with Crippen molar-refractivity contribution in [3.8, 4) is 0 Å². The van der Waals surface area contributed by atoms with Crippen LogP contribution in [-0.4, -0.2) is 5.91 Å². The monoisotopic (exact) mass is 351 g/mol. The van der Waals surface area contributed by atoms with Crippen molar-refractivity contribution in [1.82, 2.24) is 0 Å². The summed E-state index contributed by atoms with van der Waals surface area (Å²) in [6, 6.07) is 11.3. The van der Waals surface area contributed by atoms with E-state index in [4.69, 9.17) is 11.6 Å². The highest BCUT2D eigenvalue weighted by Gasteiger charge is 2.09. The van der Waals surface area contributed by atoms with Crippen LogP contribution >= 0.6 is 27.5 Å². The van der Waals surface area contributed by atoms with Gasteiger partial charge in [-0.3, -0.25) is 4.79 Å². The minimum Gasteiger partial charge on any atom is -0.325 e. The summed E-state index contributed by atoms with van der Waals surface area (Å²) in [7, 11) is 0. The van der Waals surface area contributed by atoms with Gasteiger partial charge in [0.15, 0.2) is 0 Å². The standard InChI is InChI=1S/C16H15BrClNO/c1-10-7-11(2)16(14(17)8-10)19-15(20)9-12-3-5-13(18)6-4-12/h3-8H,9H2,1-2H3,(H,19,20). The molecular formula is C16H15BrClNO. The molecule has 0 spiro atoms. The van der Waals surface area contributed by atoms with Crippen molar-refractivity contribution in [3.63, 3.8) is 0 Å². The van der Waals surface area contributed by atoms with Gasteiger partial charge in [-0.15, -0.1) is 0 Å². The van der Waals surface area contributed by atoms with Crippen LogP contribution in [0.5, 0.6) is 0 Å². The predicted octanol–water partition coefficient (Wildman–Crippen LogP) is 4.90. The molecule has 0 saturated carbocycles. The van der Waals surface area contributed by atoms with E-state index in [9.17, 15) is 4.79 Å². The zero-order valence-corrected chi connectivity index (χ0v) is 13.7. The predicted molar refractivity (Wildman–Crippen MR) is 87.4 cm³/mol. The highest BCUT2D eigenvalue weighted by atomic mass is 79.9. The van der Waals surface area contributed by atoms with Gasteiger partial charge in [-0.25, -0.2) is 0 Å². The molecule has 2 aromatic rings. The number of nitrogens with one attached hydrogen (secondary N) is 1. The lowest BCUT2D eigenvalue weighted by molar-refractivity contribution is -0.115. The van der Waals surface area contributed by atoms with E-state index in [1.54, 1.807) is 12.1 Å². The summed E-state index contributed by atoms with van der Waals surface area (Å²) in [4.78, 5) is 12.1. The van der Waals surface area contributed by atoms with E-state index in [1.165, 1.54) is 0 Å². The molecule has 0 aliphatic heterocycles. The Hall–Kier alpha value is -1.32. The number of carbonyl (C=O) groups is 1. The third kappa shape index (κ3) is 3.84. The maximum absolute atomic E-state index is 12.1. The van der Waals surface area contributed by atoms with Gasteiger partial charge in [0.1, 0.15) is 0 Å². The number of halogens is 2. The summed E-state index contributed by atoms with van der Waals surface area (Å²) in [5.41, 5.74) is 3.97. The average Bonchev–Trinajstić information content (AvgIpc) is 2.36. The number of amides is 1.